The Labute approximate surface area is 131 Å². The molecule has 0 atom stereocenters. The standard InChI is InChI=1S/C16H11N5S/c22-16-9-12(11-4-2-1-3-5-11)19-15-8-13(20-21(15)16)14-10-17-6-7-18-14/h1-10,20H. The summed E-state index contributed by atoms with van der Waals surface area (Å²) in [4.78, 5) is 13.0. The Bertz CT molecular complexity index is 989. The topological polar surface area (TPSA) is 58.9 Å². The normalized spacial score (nSPS) is 10.9. The number of aromatic nitrogens is 5. The molecule has 0 amide bonds. The minimum Gasteiger partial charge on any atom is -0.289 e. The van der Waals surface area contributed by atoms with Crippen molar-refractivity contribution >= 4 is 17.9 Å². The fraction of sp³-hybridized carbons (Fsp3) is 0. The molecule has 3 heterocycles. The second-order valence-corrected chi connectivity index (χ2v) is 5.22. The minimum atomic E-state index is 0.666. The van der Waals surface area contributed by atoms with Crippen LogP contribution in [-0.4, -0.2) is 24.6 Å². The van der Waals surface area contributed by atoms with Crippen LogP contribution in [0.25, 0.3) is 28.3 Å². The highest BCUT2D eigenvalue weighted by Gasteiger charge is 2.08. The molecule has 22 heavy (non-hydrogen) atoms. The average Bonchev–Trinajstić information content (AvgIpc) is 3.01. The molecule has 0 fully saturated rings. The number of benzene rings is 1. The third-order valence-corrected chi connectivity index (χ3v) is 3.66. The Hall–Kier alpha value is -2.86. The van der Waals surface area contributed by atoms with Crippen LogP contribution in [0.2, 0.25) is 0 Å². The Balaban J connectivity index is 1.91. The number of hydrogen-bond acceptors (Lipinski definition) is 4. The number of aromatic amines is 1. The van der Waals surface area contributed by atoms with Gasteiger partial charge in [-0.2, -0.15) is 0 Å². The summed E-state index contributed by atoms with van der Waals surface area (Å²) in [5.74, 6) is 0. The largest absolute Gasteiger partial charge is 0.289 e. The van der Waals surface area contributed by atoms with Crippen LogP contribution >= 0.6 is 12.2 Å². The zero-order valence-corrected chi connectivity index (χ0v) is 12.3. The molecular weight excluding hydrogens is 294 g/mol. The Morgan fingerprint density at radius 3 is 2.64 bits per heavy atom. The van der Waals surface area contributed by atoms with Crippen LogP contribution in [0.1, 0.15) is 0 Å². The van der Waals surface area contributed by atoms with Gasteiger partial charge in [0.15, 0.2) is 5.65 Å². The van der Waals surface area contributed by atoms with Gasteiger partial charge in [0, 0.05) is 30.1 Å². The number of fused-ring (bicyclic) bond motifs is 1. The molecule has 0 aliphatic heterocycles. The lowest BCUT2D eigenvalue weighted by molar-refractivity contribution is 0.926. The van der Waals surface area contributed by atoms with Crippen molar-refractivity contribution in [1.29, 1.82) is 0 Å². The van der Waals surface area contributed by atoms with Crippen LogP contribution in [0.5, 0.6) is 0 Å². The van der Waals surface area contributed by atoms with Crippen molar-refractivity contribution in [3.63, 3.8) is 0 Å². The van der Waals surface area contributed by atoms with Crippen molar-refractivity contribution in [2.24, 2.45) is 0 Å². The lowest BCUT2D eigenvalue weighted by atomic mass is 10.1. The van der Waals surface area contributed by atoms with Crippen LogP contribution in [-0.2, 0) is 0 Å². The zero-order valence-electron chi connectivity index (χ0n) is 11.5. The summed E-state index contributed by atoms with van der Waals surface area (Å²) >= 11 is 5.46. The van der Waals surface area contributed by atoms with Crippen LogP contribution in [0.3, 0.4) is 0 Å². The maximum Gasteiger partial charge on any atom is 0.155 e. The first-order chi connectivity index (χ1) is 10.8. The third-order valence-electron chi connectivity index (χ3n) is 3.36. The number of H-pyrrole nitrogens is 1. The first kappa shape index (κ1) is 12.8. The highest BCUT2D eigenvalue weighted by molar-refractivity contribution is 7.71. The van der Waals surface area contributed by atoms with E-state index in [1.807, 2.05) is 42.5 Å². The molecule has 0 saturated heterocycles. The molecule has 3 aromatic heterocycles. The summed E-state index contributed by atoms with van der Waals surface area (Å²) in [5.41, 5.74) is 4.24. The predicted molar refractivity (Wildman–Crippen MR) is 86.8 cm³/mol. The van der Waals surface area contributed by atoms with E-state index in [1.54, 1.807) is 23.1 Å². The van der Waals surface area contributed by atoms with Crippen LogP contribution < -0.4 is 0 Å². The van der Waals surface area contributed by atoms with Gasteiger partial charge in [0.05, 0.1) is 17.6 Å². The predicted octanol–water partition coefficient (Wildman–Crippen LogP) is 3.52. The Morgan fingerprint density at radius 2 is 1.86 bits per heavy atom. The first-order valence-electron chi connectivity index (χ1n) is 6.76. The fourth-order valence-corrected chi connectivity index (χ4v) is 2.57. The molecule has 4 aromatic rings. The van der Waals surface area contributed by atoms with Gasteiger partial charge in [0.25, 0.3) is 0 Å². The molecule has 0 unspecified atom stereocenters. The Kier molecular flexibility index (Phi) is 3.01. The lowest BCUT2D eigenvalue weighted by Crippen LogP contribution is -1.94. The maximum atomic E-state index is 5.46. The van der Waals surface area contributed by atoms with E-state index >= 15 is 0 Å². The molecule has 1 aromatic carbocycles. The van der Waals surface area contributed by atoms with E-state index in [2.05, 4.69) is 20.1 Å². The number of hydrogen-bond donors (Lipinski definition) is 1. The van der Waals surface area contributed by atoms with Crippen LogP contribution in [0, 0.1) is 4.64 Å². The van der Waals surface area contributed by atoms with Gasteiger partial charge < -0.3 is 0 Å². The Morgan fingerprint density at radius 1 is 1.00 bits per heavy atom. The van der Waals surface area contributed by atoms with Crippen molar-refractivity contribution in [3.8, 4) is 22.6 Å². The van der Waals surface area contributed by atoms with Crippen molar-refractivity contribution in [3.05, 3.63) is 65.7 Å². The summed E-state index contributed by atoms with van der Waals surface area (Å²) < 4.78 is 2.44. The van der Waals surface area contributed by atoms with E-state index in [-0.39, 0.29) is 0 Å². The minimum absolute atomic E-state index is 0.666. The fourth-order valence-electron chi connectivity index (χ4n) is 2.32. The number of nitrogens with zero attached hydrogens (tertiary/aromatic N) is 4. The highest BCUT2D eigenvalue weighted by Crippen LogP contribution is 2.21. The SMILES string of the molecule is S=c1cc(-c2ccccc2)nc2cc(-c3cnccn3)[nH]n12. The van der Waals surface area contributed by atoms with E-state index in [4.69, 9.17) is 12.2 Å². The molecule has 1 N–H and O–H groups in total. The van der Waals surface area contributed by atoms with Gasteiger partial charge in [-0.1, -0.05) is 42.5 Å². The molecule has 4 rings (SSSR count). The molecule has 6 heteroatoms. The van der Waals surface area contributed by atoms with Gasteiger partial charge in [0.1, 0.15) is 10.3 Å². The van der Waals surface area contributed by atoms with Gasteiger partial charge in [0.2, 0.25) is 0 Å². The second kappa shape index (κ2) is 5.16. The van der Waals surface area contributed by atoms with Gasteiger partial charge in [-0.15, -0.1) is 0 Å². The average molecular weight is 305 g/mol. The smallest absolute Gasteiger partial charge is 0.155 e. The second-order valence-electron chi connectivity index (χ2n) is 4.80. The molecule has 0 aliphatic carbocycles. The number of rotatable bonds is 2. The van der Waals surface area contributed by atoms with Crippen molar-refractivity contribution < 1.29 is 0 Å². The summed E-state index contributed by atoms with van der Waals surface area (Å²) in [6.07, 6.45) is 5.00. The summed E-state index contributed by atoms with van der Waals surface area (Å²) in [6.45, 7) is 0. The van der Waals surface area contributed by atoms with Gasteiger partial charge in [-0.05, 0) is 0 Å². The van der Waals surface area contributed by atoms with E-state index in [0.717, 1.165) is 28.3 Å². The maximum absolute atomic E-state index is 5.46. The molecular formula is C16H11N5S. The van der Waals surface area contributed by atoms with E-state index in [0.29, 0.717) is 4.64 Å². The van der Waals surface area contributed by atoms with E-state index in [9.17, 15) is 0 Å². The van der Waals surface area contributed by atoms with Crippen LogP contribution in [0.4, 0.5) is 0 Å². The van der Waals surface area contributed by atoms with Gasteiger partial charge in [-0.3, -0.25) is 15.1 Å². The summed E-state index contributed by atoms with van der Waals surface area (Å²) in [5, 5.41) is 3.21. The molecule has 0 saturated carbocycles. The highest BCUT2D eigenvalue weighted by atomic mass is 32.1. The molecule has 5 nitrogen and oxygen atoms in total. The molecule has 0 bridgehead atoms. The molecule has 0 spiro atoms. The van der Waals surface area contributed by atoms with E-state index < -0.39 is 0 Å². The zero-order chi connectivity index (χ0) is 14.9. The van der Waals surface area contributed by atoms with E-state index in [1.165, 1.54) is 0 Å². The summed E-state index contributed by atoms with van der Waals surface area (Å²) in [6, 6.07) is 13.8. The quantitative estimate of drug-likeness (QED) is 0.576. The monoisotopic (exact) mass is 305 g/mol. The first-order valence-corrected chi connectivity index (χ1v) is 7.17. The van der Waals surface area contributed by atoms with Crippen molar-refractivity contribution in [2.45, 2.75) is 0 Å². The molecule has 0 aliphatic rings. The molecule has 0 radical (unpaired) electrons. The third kappa shape index (κ3) is 2.19. The summed E-state index contributed by atoms with van der Waals surface area (Å²) in [7, 11) is 0. The lowest BCUT2D eigenvalue weighted by Gasteiger charge is -2.01. The number of nitrogens with one attached hydrogen (secondary N) is 1. The van der Waals surface area contributed by atoms with Crippen LogP contribution in [0.15, 0.2) is 61.1 Å². The molecule has 106 valence electrons. The van der Waals surface area contributed by atoms with Crippen molar-refractivity contribution in [1.82, 2.24) is 24.6 Å². The van der Waals surface area contributed by atoms with Gasteiger partial charge in [-0.25, -0.2) is 9.50 Å². The van der Waals surface area contributed by atoms with Gasteiger partial charge >= 0.3 is 0 Å². The van der Waals surface area contributed by atoms with Crippen molar-refractivity contribution in [2.75, 3.05) is 0 Å².